The van der Waals surface area contributed by atoms with E-state index in [1.165, 1.54) is 84.0 Å². The van der Waals surface area contributed by atoms with Crippen molar-refractivity contribution in [1.82, 2.24) is 0 Å². The van der Waals surface area contributed by atoms with E-state index in [1.807, 2.05) is 0 Å². The summed E-state index contributed by atoms with van der Waals surface area (Å²) in [5.41, 5.74) is 0. The Morgan fingerprint density at radius 2 is 1.07 bits per heavy atom. The fourth-order valence-electron chi connectivity index (χ4n) is 2.89. The summed E-state index contributed by atoms with van der Waals surface area (Å²) < 4.78 is 4.50. The molecule has 0 aliphatic heterocycles. The third-order valence-corrected chi connectivity index (χ3v) is 4.54. The van der Waals surface area contributed by atoms with Crippen molar-refractivity contribution in [2.45, 2.75) is 123 Å². The molecule has 0 saturated heterocycles. The molecule has 0 aliphatic carbocycles. The Labute approximate surface area is 219 Å². The van der Waals surface area contributed by atoms with Crippen molar-refractivity contribution in [3.63, 3.8) is 0 Å². The van der Waals surface area contributed by atoms with Crippen molar-refractivity contribution in [2.75, 3.05) is 0 Å². The van der Waals surface area contributed by atoms with Crippen LogP contribution in [-0.4, -0.2) is 90.4 Å². The van der Waals surface area contributed by atoms with Crippen molar-refractivity contribution in [3.8, 4) is 0 Å². The average Bonchev–Trinajstić information content (AvgIpc) is 2.58. The normalized spacial score (nSPS) is 11.2. The van der Waals surface area contributed by atoms with Gasteiger partial charge in [0, 0.05) is 6.42 Å². The van der Waals surface area contributed by atoms with E-state index in [-0.39, 0.29) is 73.7 Å². The van der Waals surface area contributed by atoms with Crippen LogP contribution in [0, 0.1) is 0 Å². The molecule has 1 atom stereocenters. The number of rotatable bonds is 17. The molecular formula is C21H43CaNaO4. The Morgan fingerprint density at radius 3 is 1.41 bits per heavy atom. The van der Waals surface area contributed by atoms with Gasteiger partial charge in [-0.15, -0.1) is 0 Å². The van der Waals surface area contributed by atoms with Gasteiger partial charge >= 0.3 is 79.2 Å². The molecule has 0 rings (SSSR count). The fraction of sp³-hybridized carbons (Fsp3) is 0.905. The number of carbonyl (C=O) groups is 2. The molecule has 0 aromatic rings. The van der Waals surface area contributed by atoms with Gasteiger partial charge in [0.1, 0.15) is 6.10 Å². The number of hydrogen-bond donors (Lipinski definition) is 1. The number of unbranched alkanes of at least 4 members (excludes halogenated alkanes) is 14. The van der Waals surface area contributed by atoms with Gasteiger partial charge in [0.2, 0.25) is 0 Å². The van der Waals surface area contributed by atoms with Gasteiger partial charge in [-0.25, -0.2) is 4.79 Å². The zero-order chi connectivity index (χ0) is 18.8. The van der Waals surface area contributed by atoms with Gasteiger partial charge in [-0.05, 0) is 13.3 Å². The van der Waals surface area contributed by atoms with Crippen LogP contribution < -0.4 is 0 Å². The Kier molecular flexibility index (Phi) is 31.0. The van der Waals surface area contributed by atoms with E-state index >= 15 is 0 Å². The van der Waals surface area contributed by atoms with Gasteiger partial charge < -0.3 is 9.84 Å². The first kappa shape index (κ1) is 33.0. The Hall–Kier alpha value is 1.36. The molecule has 0 heterocycles. The Morgan fingerprint density at radius 1 is 0.741 bits per heavy atom. The maximum atomic E-state index is 11.3. The zero-order valence-electron chi connectivity index (χ0n) is 16.6. The zero-order valence-corrected chi connectivity index (χ0v) is 16.6. The summed E-state index contributed by atoms with van der Waals surface area (Å²) in [5, 5.41) is 8.95. The van der Waals surface area contributed by atoms with Gasteiger partial charge in [0.15, 0.2) is 0 Å². The van der Waals surface area contributed by atoms with Crippen LogP contribution in [0.3, 0.4) is 0 Å². The molecule has 154 valence electrons. The number of ether oxygens (including phenoxy) is 1. The van der Waals surface area contributed by atoms with Crippen LogP contribution in [0.4, 0.5) is 0 Å². The molecule has 1 N–H and O–H groups in total. The molecule has 4 nitrogen and oxygen atoms in total. The Balaban J connectivity index is -0.00000288. The van der Waals surface area contributed by atoms with Crippen molar-refractivity contribution < 1.29 is 19.4 Å². The summed E-state index contributed by atoms with van der Waals surface area (Å²) >= 11 is 0. The average molecular weight is 423 g/mol. The summed E-state index contributed by atoms with van der Waals surface area (Å²) in [7, 11) is 0. The fourth-order valence-corrected chi connectivity index (χ4v) is 2.89. The van der Waals surface area contributed by atoms with Crippen LogP contribution in [0.5, 0.6) is 0 Å². The predicted octanol–water partition coefficient (Wildman–Crippen LogP) is 4.13. The van der Waals surface area contributed by atoms with Crippen LogP contribution in [0.1, 0.15) is 117 Å². The van der Waals surface area contributed by atoms with Gasteiger partial charge in [0.05, 0.1) is 0 Å². The molecule has 0 fully saturated rings. The SMILES string of the molecule is CCCCCCCCCCCCCCCCCC(=O)OC(=O)C(C)O.[CaH2].[NaH]. The van der Waals surface area contributed by atoms with Gasteiger partial charge in [-0.1, -0.05) is 96.8 Å². The monoisotopic (exact) mass is 422 g/mol. The summed E-state index contributed by atoms with van der Waals surface area (Å²) in [5.74, 6) is -1.38. The molecule has 0 radical (unpaired) electrons. The van der Waals surface area contributed by atoms with Crippen LogP contribution >= 0.6 is 0 Å². The number of aliphatic hydroxyl groups is 1. The molecular weight excluding hydrogens is 379 g/mol. The molecule has 27 heavy (non-hydrogen) atoms. The second-order valence-electron chi connectivity index (χ2n) is 7.17. The number of esters is 2. The minimum absolute atomic E-state index is 0. The second-order valence-corrected chi connectivity index (χ2v) is 7.17. The quantitative estimate of drug-likeness (QED) is 0.166. The number of carbonyl (C=O) groups excluding carboxylic acids is 2. The van der Waals surface area contributed by atoms with Crippen LogP contribution in [0.15, 0.2) is 0 Å². The predicted molar refractivity (Wildman–Crippen MR) is 118 cm³/mol. The third-order valence-electron chi connectivity index (χ3n) is 4.54. The van der Waals surface area contributed by atoms with E-state index in [9.17, 15) is 9.59 Å². The van der Waals surface area contributed by atoms with Crippen molar-refractivity contribution in [3.05, 3.63) is 0 Å². The van der Waals surface area contributed by atoms with Crippen molar-refractivity contribution in [1.29, 1.82) is 0 Å². The summed E-state index contributed by atoms with van der Waals surface area (Å²) in [6, 6.07) is 0. The number of hydrogen-bond acceptors (Lipinski definition) is 4. The molecule has 6 heteroatoms. The number of aliphatic hydroxyl groups excluding tert-OH is 1. The molecule has 0 saturated carbocycles. The van der Waals surface area contributed by atoms with E-state index in [1.54, 1.807) is 0 Å². The molecule has 0 spiro atoms. The molecule has 0 amide bonds. The molecule has 1 unspecified atom stereocenters. The van der Waals surface area contributed by atoms with E-state index in [2.05, 4.69) is 11.7 Å². The topological polar surface area (TPSA) is 63.6 Å². The first-order valence-electron chi connectivity index (χ1n) is 10.5. The third kappa shape index (κ3) is 25.3. The van der Waals surface area contributed by atoms with Crippen LogP contribution in [0.2, 0.25) is 0 Å². The Bertz CT molecular complexity index is 338. The van der Waals surface area contributed by atoms with Crippen LogP contribution in [-0.2, 0) is 14.3 Å². The summed E-state index contributed by atoms with van der Waals surface area (Å²) in [6.07, 6.45) is 18.2. The molecule has 0 aromatic heterocycles. The first-order chi connectivity index (χ1) is 12.1. The molecule has 0 aliphatic rings. The van der Waals surface area contributed by atoms with E-state index in [0.717, 1.165) is 19.3 Å². The van der Waals surface area contributed by atoms with Crippen molar-refractivity contribution in [2.24, 2.45) is 0 Å². The summed E-state index contributed by atoms with van der Waals surface area (Å²) in [4.78, 5) is 22.4. The van der Waals surface area contributed by atoms with E-state index in [0.29, 0.717) is 0 Å². The van der Waals surface area contributed by atoms with Gasteiger partial charge in [-0.3, -0.25) is 4.79 Å². The van der Waals surface area contributed by atoms with E-state index < -0.39 is 18.0 Å². The first-order valence-corrected chi connectivity index (χ1v) is 10.5. The van der Waals surface area contributed by atoms with Crippen molar-refractivity contribution >= 4 is 79.2 Å². The van der Waals surface area contributed by atoms with Crippen LogP contribution in [0.25, 0.3) is 0 Å². The van der Waals surface area contributed by atoms with Gasteiger partial charge in [-0.2, -0.15) is 0 Å². The van der Waals surface area contributed by atoms with E-state index in [4.69, 9.17) is 5.11 Å². The maximum absolute atomic E-state index is 11.3. The van der Waals surface area contributed by atoms with Gasteiger partial charge in [0.25, 0.3) is 0 Å². The standard InChI is InChI=1S/C21H40O4.Ca.Na.3H/c1-3-4-5-6-7-8-9-10-11-12-13-14-15-16-17-18-20(23)25-21(24)19(2)22;;;;;/h19,22H,3-18H2,1-2H3;;;;;. The molecule has 0 aromatic carbocycles. The summed E-state index contributed by atoms with van der Waals surface area (Å²) in [6.45, 7) is 3.55. The second kappa shape index (κ2) is 25.4. The molecule has 0 bridgehead atoms. The minimum atomic E-state index is -1.23.